The zero-order valence-electron chi connectivity index (χ0n) is 14.7. The number of hydrogen-bond acceptors (Lipinski definition) is 3. The summed E-state index contributed by atoms with van der Waals surface area (Å²) in [4.78, 5) is 10.7. The molecule has 0 saturated carbocycles. The molecule has 0 unspecified atom stereocenters. The minimum Gasteiger partial charge on any atom is -0.478 e. The molecule has 27 heavy (non-hydrogen) atoms. The molecule has 0 aliphatic rings. The van der Waals surface area contributed by atoms with Gasteiger partial charge in [-0.3, -0.25) is 0 Å². The van der Waals surface area contributed by atoms with Gasteiger partial charge in [-0.1, -0.05) is 60.7 Å². The Morgan fingerprint density at radius 3 is 2.22 bits per heavy atom. The largest absolute Gasteiger partial charge is 0.478 e. The summed E-state index contributed by atoms with van der Waals surface area (Å²) in [5, 5.41) is 8.81. The summed E-state index contributed by atoms with van der Waals surface area (Å²) in [6.07, 6.45) is 2.70. The van der Waals surface area contributed by atoms with Gasteiger partial charge in [0.1, 0.15) is 11.5 Å². The molecule has 0 spiro atoms. The minimum atomic E-state index is -0.974. The summed E-state index contributed by atoms with van der Waals surface area (Å²) in [5.41, 5.74) is 2.70. The fourth-order valence-electron chi connectivity index (χ4n) is 2.60. The normalized spacial score (nSPS) is 10.8. The van der Waals surface area contributed by atoms with Gasteiger partial charge in [-0.2, -0.15) is 0 Å². The number of aliphatic carboxylic acids is 1. The highest BCUT2D eigenvalue weighted by Gasteiger charge is 2.06. The van der Waals surface area contributed by atoms with Crippen LogP contribution in [-0.4, -0.2) is 11.1 Å². The van der Waals surface area contributed by atoms with E-state index < -0.39 is 5.97 Å². The molecule has 0 aromatic heterocycles. The maximum Gasteiger partial charge on any atom is 0.328 e. The summed E-state index contributed by atoms with van der Waals surface area (Å²) >= 11 is 0. The van der Waals surface area contributed by atoms with E-state index in [4.69, 9.17) is 14.6 Å². The van der Waals surface area contributed by atoms with Crippen molar-refractivity contribution in [3.05, 3.63) is 102 Å². The van der Waals surface area contributed by atoms with Gasteiger partial charge in [0.05, 0.1) is 13.2 Å². The molecule has 0 bridgehead atoms. The Labute approximate surface area is 158 Å². The molecule has 0 aliphatic heterocycles. The average molecular weight is 360 g/mol. The van der Waals surface area contributed by atoms with Crippen molar-refractivity contribution in [3.63, 3.8) is 0 Å². The van der Waals surface area contributed by atoms with Gasteiger partial charge in [0.2, 0.25) is 0 Å². The molecule has 1 N–H and O–H groups in total. The quantitative estimate of drug-likeness (QED) is 0.554. The molecule has 0 saturated heterocycles. The van der Waals surface area contributed by atoms with Gasteiger partial charge in [-0.25, -0.2) is 4.79 Å². The number of carboxylic acid groups (broad SMARTS) is 1. The van der Waals surface area contributed by atoms with E-state index in [-0.39, 0.29) is 0 Å². The van der Waals surface area contributed by atoms with Gasteiger partial charge >= 0.3 is 5.97 Å². The van der Waals surface area contributed by atoms with E-state index in [9.17, 15) is 4.79 Å². The van der Waals surface area contributed by atoms with Crippen LogP contribution in [0.1, 0.15) is 16.7 Å². The van der Waals surface area contributed by atoms with E-state index in [2.05, 4.69) is 0 Å². The lowest BCUT2D eigenvalue weighted by atomic mass is 10.1. The second kappa shape index (κ2) is 9.36. The number of para-hydroxylation sites is 2. The minimum absolute atomic E-state index is 0.375. The Balaban J connectivity index is 1.66. The van der Waals surface area contributed by atoms with Crippen molar-refractivity contribution >= 4 is 12.0 Å². The Kier molecular flexibility index (Phi) is 6.39. The number of hydrogen-bond donors (Lipinski definition) is 1. The van der Waals surface area contributed by atoms with Gasteiger partial charge in [-0.15, -0.1) is 0 Å². The van der Waals surface area contributed by atoms with Crippen molar-refractivity contribution in [2.45, 2.75) is 13.2 Å². The van der Waals surface area contributed by atoms with E-state index in [1.54, 1.807) is 6.08 Å². The monoisotopic (exact) mass is 360 g/mol. The summed E-state index contributed by atoms with van der Waals surface area (Å²) < 4.78 is 11.8. The molecule has 0 heterocycles. The summed E-state index contributed by atoms with van der Waals surface area (Å²) in [6.45, 7) is 0.764. The molecule has 0 amide bonds. The van der Waals surface area contributed by atoms with Gasteiger partial charge in [0.25, 0.3) is 0 Å². The van der Waals surface area contributed by atoms with Gasteiger partial charge < -0.3 is 14.6 Å². The molecule has 3 rings (SSSR count). The number of carboxylic acids is 1. The standard InChI is InChI=1S/C23H20O4/c24-23(25)15-14-18-8-4-5-9-19(18)16-26-17-20-10-6-7-13-22(20)27-21-11-2-1-3-12-21/h1-15H,16-17H2,(H,24,25). The van der Waals surface area contributed by atoms with Crippen LogP contribution in [0.2, 0.25) is 0 Å². The lowest BCUT2D eigenvalue weighted by molar-refractivity contribution is -0.131. The highest BCUT2D eigenvalue weighted by atomic mass is 16.5. The topological polar surface area (TPSA) is 55.8 Å². The third-order valence-electron chi connectivity index (χ3n) is 3.92. The van der Waals surface area contributed by atoms with E-state index in [1.807, 2.05) is 78.9 Å². The first kappa shape index (κ1) is 18.4. The SMILES string of the molecule is O=C(O)C=Cc1ccccc1COCc1ccccc1Oc1ccccc1. The lowest BCUT2D eigenvalue weighted by Gasteiger charge is -2.12. The molecule has 0 aliphatic carbocycles. The summed E-state index contributed by atoms with van der Waals surface area (Å²) in [7, 11) is 0. The fraction of sp³-hybridized carbons (Fsp3) is 0.0870. The van der Waals surface area contributed by atoms with Crippen molar-refractivity contribution in [3.8, 4) is 11.5 Å². The second-order valence-corrected chi connectivity index (χ2v) is 5.89. The summed E-state index contributed by atoms with van der Waals surface area (Å²) in [5.74, 6) is 0.551. The zero-order chi connectivity index (χ0) is 18.9. The molecule has 4 heteroatoms. The van der Waals surface area contributed by atoms with Crippen LogP contribution in [0.15, 0.2) is 84.9 Å². The molecule has 0 fully saturated rings. The van der Waals surface area contributed by atoms with E-state index in [1.165, 1.54) is 0 Å². The predicted octanol–water partition coefficient (Wildman–Crippen LogP) is 5.29. The lowest BCUT2D eigenvalue weighted by Crippen LogP contribution is -1.98. The first-order chi connectivity index (χ1) is 13.2. The van der Waals surface area contributed by atoms with Crippen LogP contribution >= 0.6 is 0 Å². The van der Waals surface area contributed by atoms with Crippen LogP contribution in [0, 0.1) is 0 Å². The molecular formula is C23H20O4. The molecule has 136 valence electrons. The van der Waals surface area contributed by atoms with Crippen molar-refractivity contribution < 1.29 is 19.4 Å². The number of rotatable bonds is 8. The van der Waals surface area contributed by atoms with Gasteiger partial charge in [0.15, 0.2) is 0 Å². The van der Waals surface area contributed by atoms with Crippen LogP contribution in [0.3, 0.4) is 0 Å². The average Bonchev–Trinajstić information content (AvgIpc) is 2.69. The Morgan fingerprint density at radius 2 is 1.44 bits per heavy atom. The Bertz CT molecular complexity index is 916. The van der Waals surface area contributed by atoms with Crippen LogP contribution in [0.25, 0.3) is 6.08 Å². The molecule has 4 nitrogen and oxygen atoms in total. The molecule has 3 aromatic rings. The van der Waals surface area contributed by atoms with Crippen LogP contribution in [-0.2, 0) is 22.7 Å². The zero-order valence-corrected chi connectivity index (χ0v) is 14.7. The first-order valence-corrected chi connectivity index (χ1v) is 8.60. The van der Waals surface area contributed by atoms with Crippen molar-refractivity contribution in [1.29, 1.82) is 0 Å². The van der Waals surface area contributed by atoms with E-state index in [0.29, 0.717) is 13.2 Å². The third kappa shape index (κ3) is 5.56. The predicted molar refractivity (Wildman–Crippen MR) is 105 cm³/mol. The molecular weight excluding hydrogens is 340 g/mol. The number of benzene rings is 3. The maximum absolute atomic E-state index is 10.7. The van der Waals surface area contributed by atoms with Crippen LogP contribution in [0.5, 0.6) is 11.5 Å². The van der Waals surface area contributed by atoms with Crippen LogP contribution < -0.4 is 4.74 Å². The van der Waals surface area contributed by atoms with Crippen molar-refractivity contribution in [2.75, 3.05) is 0 Å². The Morgan fingerprint density at radius 1 is 0.815 bits per heavy atom. The van der Waals surface area contributed by atoms with Gasteiger partial charge in [0, 0.05) is 11.6 Å². The number of ether oxygens (including phenoxy) is 2. The fourth-order valence-corrected chi connectivity index (χ4v) is 2.60. The van der Waals surface area contributed by atoms with Crippen molar-refractivity contribution in [1.82, 2.24) is 0 Å². The Hall–Kier alpha value is -3.37. The highest BCUT2D eigenvalue weighted by molar-refractivity contribution is 5.85. The smallest absolute Gasteiger partial charge is 0.328 e. The first-order valence-electron chi connectivity index (χ1n) is 8.60. The van der Waals surface area contributed by atoms with Crippen molar-refractivity contribution in [2.24, 2.45) is 0 Å². The molecule has 0 radical (unpaired) electrons. The van der Waals surface area contributed by atoms with E-state index in [0.717, 1.165) is 34.3 Å². The summed E-state index contributed by atoms with van der Waals surface area (Å²) in [6, 6.07) is 24.9. The maximum atomic E-state index is 10.7. The van der Waals surface area contributed by atoms with E-state index >= 15 is 0 Å². The second-order valence-electron chi connectivity index (χ2n) is 5.89. The highest BCUT2D eigenvalue weighted by Crippen LogP contribution is 2.26. The van der Waals surface area contributed by atoms with Gasteiger partial charge in [-0.05, 0) is 35.4 Å². The molecule has 0 atom stereocenters. The molecule has 3 aromatic carbocycles. The van der Waals surface area contributed by atoms with Crippen LogP contribution in [0.4, 0.5) is 0 Å². The number of carbonyl (C=O) groups is 1. The third-order valence-corrected chi connectivity index (χ3v) is 3.92.